The molecule has 0 atom stereocenters. The normalized spacial score (nSPS) is 10.7. The van der Waals surface area contributed by atoms with Crippen molar-refractivity contribution in [2.75, 3.05) is 12.4 Å². The van der Waals surface area contributed by atoms with Crippen LogP contribution in [0.4, 0.5) is 5.13 Å². The Bertz CT molecular complexity index is 1100. The molecular formula is C21H16IN2O2S+. The maximum Gasteiger partial charge on any atom is 0.357 e. The molecule has 0 bridgehead atoms. The van der Waals surface area contributed by atoms with Crippen molar-refractivity contribution < 1.29 is 30.7 Å². The molecule has 0 saturated carbocycles. The average molecular weight is 487 g/mol. The highest BCUT2D eigenvalue weighted by Crippen LogP contribution is 2.29. The summed E-state index contributed by atoms with van der Waals surface area (Å²) in [5, 5.41) is 3.51. The molecule has 0 radical (unpaired) electrons. The highest BCUT2D eigenvalue weighted by atomic mass is 127. The van der Waals surface area contributed by atoms with E-state index in [0.29, 0.717) is 10.7 Å². The maximum absolute atomic E-state index is 12.7. The van der Waals surface area contributed by atoms with Gasteiger partial charge in [-0.1, -0.05) is 35.6 Å². The highest BCUT2D eigenvalue weighted by Gasteiger charge is 2.18. The van der Waals surface area contributed by atoms with Crippen LogP contribution < -0.4 is 31.3 Å². The molecule has 0 aliphatic carbocycles. The van der Waals surface area contributed by atoms with Gasteiger partial charge in [0.15, 0.2) is 12.3 Å². The molecule has 3 aromatic carbocycles. The number of fused-ring (bicyclic) bond motifs is 1. The second kappa shape index (κ2) is 8.06. The van der Waals surface area contributed by atoms with Gasteiger partial charge in [-0.25, -0.2) is 4.98 Å². The number of methoxy groups -OCH3 is 1. The summed E-state index contributed by atoms with van der Waals surface area (Å²) in [7, 11) is 1.63. The summed E-state index contributed by atoms with van der Waals surface area (Å²) in [4.78, 5) is 17.1. The van der Waals surface area contributed by atoms with E-state index >= 15 is 0 Å². The van der Waals surface area contributed by atoms with E-state index in [0.717, 1.165) is 16.0 Å². The Morgan fingerprint density at radius 1 is 1.00 bits per heavy atom. The standard InChI is InChI=1S/C21H15IN2O2S/c1-26-17-10-11-18-19(13-17)27-21(23-18)24-20(25)14-6-5-9-16(12-14)22-15-7-3-2-4-8-15/h2-13H,1H3/p+1. The zero-order valence-electron chi connectivity index (χ0n) is 14.5. The van der Waals surface area contributed by atoms with E-state index in [1.807, 2.05) is 54.6 Å². The Labute approximate surface area is 171 Å². The number of carbonyl (C=O) groups excluding carboxylic acids is 1. The van der Waals surface area contributed by atoms with Gasteiger partial charge in [0.2, 0.25) is 0 Å². The number of halogens is 1. The minimum Gasteiger partial charge on any atom is -0.497 e. The predicted octanol–water partition coefficient (Wildman–Crippen LogP) is 1.69. The number of carbonyl (C=O) groups is 1. The summed E-state index contributed by atoms with van der Waals surface area (Å²) in [5.41, 5.74) is 1.50. The zero-order chi connectivity index (χ0) is 18.6. The van der Waals surface area contributed by atoms with Gasteiger partial charge in [0.25, 0.3) is 5.91 Å². The SMILES string of the molecule is COc1ccc2nc(NC(=O)c3cccc([I+]c4ccccc4)c3)sc2c1. The second-order valence-corrected chi connectivity index (χ2v) is 9.77. The molecular weight excluding hydrogens is 471 g/mol. The van der Waals surface area contributed by atoms with Crippen molar-refractivity contribution in [1.29, 1.82) is 0 Å². The molecule has 0 spiro atoms. The maximum atomic E-state index is 12.7. The molecule has 4 nitrogen and oxygen atoms in total. The molecule has 0 unspecified atom stereocenters. The van der Waals surface area contributed by atoms with Crippen LogP contribution in [0.3, 0.4) is 0 Å². The molecule has 4 rings (SSSR count). The topological polar surface area (TPSA) is 51.2 Å². The Morgan fingerprint density at radius 3 is 2.63 bits per heavy atom. The minimum atomic E-state index is -0.304. The molecule has 0 saturated heterocycles. The van der Waals surface area contributed by atoms with Crippen LogP contribution >= 0.6 is 11.3 Å². The Hall–Kier alpha value is -2.45. The second-order valence-electron chi connectivity index (χ2n) is 5.71. The van der Waals surface area contributed by atoms with Crippen LogP contribution in [0.2, 0.25) is 0 Å². The average Bonchev–Trinajstić information content (AvgIpc) is 3.10. The van der Waals surface area contributed by atoms with Gasteiger partial charge in [-0.3, -0.25) is 10.1 Å². The third-order valence-electron chi connectivity index (χ3n) is 3.85. The van der Waals surface area contributed by atoms with Gasteiger partial charge in [0.1, 0.15) is 5.75 Å². The lowest BCUT2D eigenvalue weighted by Gasteiger charge is -2.00. The van der Waals surface area contributed by atoms with E-state index in [2.05, 4.69) is 28.5 Å². The number of rotatable bonds is 5. The molecule has 4 aromatic rings. The molecule has 6 heteroatoms. The molecule has 1 heterocycles. The summed E-state index contributed by atoms with van der Waals surface area (Å²) in [6, 6.07) is 23.9. The highest BCUT2D eigenvalue weighted by molar-refractivity contribution is 7.22. The molecule has 0 fully saturated rings. The fraction of sp³-hybridized carbons (Fsp3) is 0.0476. The summed E-state index contributed by atoms with van der Waals surface area (Å²) in [5.74, 6) is 0.640. The van der Waals surface area contributed by atoms with Gasteiger partial charge in [-0.2, -0.15) is 0 Å². The monoisotopic (exact) mass is 487 g/mol. The van der Waals surface area contributed by atoms with Crippen LogP contribution in [0, 0.1) is 7.14 Å². The predicted molar refractivity (Wildman–Crippen MR) is 104 cm³/mol. The fourth-order valence-electron chi connectivity index (χ4n) is 2.55. The molecule has 1 amide bonds. The van der Waals surface area contributed by atoms with Gasteiger partial charge >= 0.3 is 21.2 Å². The summed E-state index contributed by atoms with van der Waals surface area (Å²) in [6.07, 6.45) is 0. The van der Waals surface area contributed by atoms with E-state index in [1.165, 1.54) is 18.5 Å². The summed E-state index contributed by atoms with van der Waals surface area (Å²) >= 11 is 1.14. The Balaban J connectivity index is 1.52. The first-order chi connectivity index (χ1) is 13.2. The number of hydrogen-bond acceptors (Lipinski definition) is 4. The van der Waals surface area contributed by atoms with Crippen molar-refractivity contribution in [1.82, 2.24) is 4.98 Å². The molecule has 0 aliphatic heterocycles. The van der Waals surface area contributed by atoms with Gasteiger partial charge in [-0.15, -0.1) is 0 Å². The lowest BCUT2D eigenvalue weighted by Crippen LogP contribution is -3.61. The van der Waals surface area contributed by atoms with Crippen molar-refractivity contribution in [2.45, 2.75) is 0 Å². The first-order valence-electron chi connectivity index (χ1n) is 8.27. The number of nitrogens with zero attached hydrogens (tertiary/aromatic N) is 1. The van der Waals surface area contributed by atoms with Crippen LogP contribution in [0.25, 0.3) is 10.2 Å². The van der Waals surface area contributed by atoms with Gasteiger partial charge < -0.3 is 4.74 Å². The number of benzene rings is 3. The quantitative estimate of drug-likeness (QED) is 0.436. The smallest absolute Gasteiger partial charge is 0.357 e. The van der Waals surface area contributed by atoms with E-state index in [-0.39, 0.29) is 27.1 Å². The van der Waals surface area contributed by atoms with Gasteiger partial charge in [0, 0.05) is 11.6 Å². The third kappa shape index (κ3) is 4.28. The first kappa shape index (κ1) is 17.9. The first-order valence-corrected chi connectivity index (χ1v) is 11.2. The van der Waals surface area contributed by atoms with Crippen molar-refractivity contribution >= 4 is 32.6 Å². The molecule has 1 aromatic heterocycles. The van der Waals surface area contributed by atoms with E-state index < -0.39 is 0 Å². The van der Waals surface area contributed by atoms with Crippen molar-refractivity contribution in [3.05, 3.63) is 85.5 Å². The van der Waals surface area contributed by atoms with E-state index in [4.69, 9.17) is 4.74 Å². The van der Waals surface area contributed by atoms with E-state index in [1.54, 1.807) is 7.11 Å². The number of ether oxygens (including phenoxy) is 1. The molecule has 0 aliphatic rings. The molecule has 27 heavy (non-hydrogen) atoms. The summed E-state index contributed by atoms with van der Waals surface area (Å²) < 4.78 is 8.76. The zero-order valence-corrected chi connectivity index (χ0v) is 17.5. The van der Waals surface area contributed by atoms with E-state index in [9.17, 15) is 4.79 Å². The Kier molecular flexibility index (Phi) is 5.35. The number of amides is 1. The van der Waals surface area contributed by atoms with Crippen molar-refractivity contribution in [3.8, 4) is 5.75 Å². The number of hydrogen-bond donors (Lipinski definition) is 1. The van der Waals surface area contributed by atoms with Crippen LogP contribution in [-0.2, 0) is 0 Å². The number of thiazole rings is 1. The lowest BCUT2D eigenvalue weighted by atomic mass is 10.2. The fourth-order valence-corrected chi connectivity index (χ4v) is 5.81. The largest absolute Gasteiger partial charge is 0.497 e. The van der Waals surface area contributed by atoms with Gasteiger partial charge in [0.05, 0.1) is 17.3 Å². The number of aromatic nitrogens is 1. The third-order valence-corrected chi connectivity index (χ3v) is 7.42. The minimum absolute atomic E-state index is 0.139. The number of anilines is 1. The summed E-state index contributed by atoms with van der Waals surface area (Å²) in [6.45, 7) is 0. The van der Waals surface area contributed by atoms with Crippen molar-refractivity contribution in [2.24, 2.45) is 0 Å². The van der Waals surface area contributed by atoms with Crippen LogP contribution in [0.1, 0.15) is 10.4 Å². The molecule has 134 valence electrons. The van der Waals surface area contributed by atoms with Crippen LogP contribution in [0.5, 0.6) is 5.75 Å². The number of nitrogens with one attached hydrogen (secondary N) is 1. The molecule has 1 N–H and O–H groups in total. The lowest BCUT2D eigenvalue weighted by molar-refractivity contribution is -0.597. The van der Waals surface area contributed by atoms with Crippen LogP contribution in [-0.4, -0.2) is 18.0 Å². The van der Waals surface area contributed by atoms with Crippen molar-refractivity contribution in [3.63, 3.8) is 0 Å². The Morgan fingerprint density at radius 2 is 1.81 bits per heavy atom. The van der Waals surface area contributed by atoms with Gasteiger partial charge in [-0.05, 0) is 42.5 Å². The van der Waals surface area contributed by atoms with Crippen LogP contribution in [0.15, 0.2) is 72.8 Å².